The highest BCUT2D eigenvalue weighted by molar-refractivity contribution is 5.80. The van der Waals surface area contributed by atoms with Crippen LogP contribution < -0.4 is 0 Å². The summed E-state index contributed by atoms with van der Waals surface area (Å²) in [6, 6.07) is 0. The first-order chi connectivity index (χ1) is 12.3. The minimum atomic E-state index is -1.06. The van der Waals surface area contributed by atoms with Gasteiger partial charge in [-0.2, -0.15) is 0 Å². The number of rotatable bonds is 11. The van der Waals surface area contributed by atoms with E-state index in [2.05, 4.69) is 13.2 Å². The molecule has 1 rings (SSSR count). The van der Waals surface area contributed by atoms with Gasteiger partial charge in [-0.3, -0.25) is 0 Å². The Morgan fingerprint density at radius 1 is 1.15 bits per heavy atom. The molecule has 0 saturated heterocycles. The summed E-state index contributed by atoms with van der Waals surface area (Å²) in [6.45, 7) is 14.0. The summed E-state index contributed by atoms with van der Waals surface area (Å²) in [4.78, 5) is 12.9. The van der Waals surface area contributed by atoms with Gasteiger partial charge >= 0.3 is 5.97 Å². The number of hydrogen-bond donors (Lipinski definition) is 0. The molecule has 5 nitrogen and oxygen atoms in total. The maximum Gasteiger partial charge on any atom is 0.339 e. The lowest BCUT2D eigenvalue weighted by Gasteiger charge is -2.36. The van der Waals surface area contributed by atoms with Crippen molar-refractivity contribution in [1.82, 2.24) is 0 Å². The van der Waals surface area contributed by atoms with Crippen LogP contribution in [0.2, 0.25) is 0 Å². The molecular weight excluding hydrogens is 332 g/mol. The molecule has 0 unspecified atom stereocenters. The van der Waals surface area contributed by atoms with Gasteiger partial charge in [-0.05, 0) is 46.0 Å². The van der Waals surface area contributed by atoms with Crippen molar-refractivity contribution in [3.8, 4) is 0 Å². The van der Waals surface area contributed by atoms with Crippen molar-refractivity contribution < 1.29 is 23.7 Å². The molecule has 0 bridgehead atoms. The van der Waals surface area contributed by atoms with Crippen molar-refractivity contribution in [2.24, 2.45) is 5.92 Å². The van der Waals surface area contributed by atoms with E-state index in [1.165, 1.54) is 0 Å². The second kappa shape index (κ2) is 10.9. The fourth-order valence-electron chi connectivity index (χ4n) is 3.25. The highest BCUT2D eigenvalue weighted by atomic mass is 16.7. The summed E-state index contributed by atoms with van der Waals surface area (Å²) < 4.78 is 22.5. The van der Waals surface area contributed by atoms with Crippen LogP contribution in [0, 0.1) is 5.92 Å². The van der Waals surface area contributed by atoms with E-state index in [1.807, 2.05) is 20.8 Å². The molecule has 0 aliphatic heterocycles. The zero-order valence-electron chi connectivity index (χ0n) is 16.9. The highest BCUT2D eigenvalue weighted by Gasteiger charge is 2.41. The lowest BCUT2D eigenvalue weighted by molar-refractivity contribution is -0.186. The van der Waals surface area contributed by atoms with E-state index in [4.69, 9.17) is 18.9 Å². The summed E-state index contributed by atoms with van der Waals surface area (Å²) >= 11 is 0. The zero-order chi connectivity index (χ0) is 19.6. The highest BCUT2D eigenvalue weighted by Crippen LogP contribution is 2.31. The third-order valence-corrected chi connectivity index (χ3v) is 4.47. The molecule has 1 fully saturated rings. The van der Waals surface area contributed by atoms with E-state index < -0.39 is 11.2 Å². The third-order valence-electron chi connectivity index (χ3n) is 4.47. The molecule has 0 heterocycles. The molecule has 1 aliphatic carbocycles. The van der Waals surface area contributed by atoms with E-state index in [0.717, 1.165) is 25.7 Å². The van der Waals surface area contributed by atoms with E-state index >= 15 is 0 Å². The first-order valence-corrected chi connectivity index (χ1v) is 9.46. The fourth-order valence-corrected chi connectivity index (χ4v) is 3.25. The minimum absolute atomic E-state index is 0.187. The average molecular weight is 369 g/mol. The van der Waals surface area contributed by atoms with E-state index in [1.54, 1.807) is 19.3 Å². The van der Waals surface area contributed by atoms with E-state index in [-0.39, 0.29) is 12.1 Å². The molecule has 0 spiro atoms. The van der Waals surface area contributed by atoms with Gasteiger partial charge in [-0.15, -0.1) is 13.2 Å². The third kappa shape index (κ3) is 7.60. The number of ether oxygens (including phenoxy) is 4. The standard InChI is InChI=1S/C21H36O5/c1-7-12-21(13-8-2,19(22)26-20(3,4)5)25-15-17-10-9-11-18(14-17)24-16-23-6/h7-8,17-18H,1-2,9-16H2,3-6H3/t17-,18+/m1/s1. The van der Waals surface area contributed by atoms with Crippen molar-refractivity contribution in [3.05, 3.63) is 25.3 Å². The van der Waals surface area contributed by atoms with E-state index in [9.17, 15) is 4.79 Å². The second-order valence-electron chi connectivity index (χ2n) is 8.02. The van der Waals surface area contributed by atoms with Crippen molar-refractivity contribution in [3.63, 3.8) is 0 Å². The number of methoxy groups -OCH3 is 1. The van der Waals surface area contributed by atoms with Gasteiger partial charge in [-0.1, -0.05) is 18.6 Å². The summed E-state index contributed by atoms with van der Waals surface area (Å²) in [5, 5.41) is 0. The maximum atomic E-state index is 12.9. The molecule has 0 amide bonds. The molecule has 1 aliphatic rings. The Kier molecular flexibility index (Phi) is 9.55. The largest absolute Gasteiger partial charge is 0.458 e. The lowest BCUT2D eigenvalue weighted by Crippen LogP contribution is -2.46. The molecule has 5 heteroatoms. The predicted octanol–water partition coefficient (Wildman–Crippen LogP) is 4.42. The number of hydrogen-bond acceptors (Lipinski definition) is 5. The van der Waals surface area contributed by atoms with Crippen LogP contribution >= 0.6 is 0 Å². The van der Waals surface area contributed by atoms with Gasteiger partial charge in [0.05, 0.1) is 12.7 Å². The van der Waals surface area contributed by atoms with Gasteiger partial charge < -0.3 is 18.9 Å². The molecule has 0 aromatic carbocycles. The Balaban J connectivity index is 2.77. The van der Waals surface area contributed by atoms with Gasteiger partial charge in [0, 0.05) is 20.0 Å². The summed E-state index contributed by atoms with van der Waals surface area (Å²) in [7, 11) is 1.63. The number of carbonyl (C=O) groups excluding carboxylic acids is 1. The van der Waals surface area contributed by atoms with Gasteiger partial charge in [0.2, 0.25) is 0 Å². The van der Waals surface area contributed by atoms with Crippen LogP contribution in [0.4, 0.5) is 0 Å². The van der Waals surface area contributed by atoms with Crippen molar-refractivity contribution in [2.75, 3.05) is 20.5 Å². The smallest absolute Gasteiger partial charge is 0.339 e. The van der Waals surface area contributed by atoms with Crippen LogP contribution in [0.3, 0.4) is 0 Å². The maximum absolute atomic E-state index is 12.9. The number of carbonyl (C=O) groups is 1. The molecule has 0 aromatic rings. The normalized spacial score (nSPS) is 21.2. The molecular formula is C21H36O5. The Morgan fingerprint density at radius 3 is 2.35 bits per heavy atom. The quantitative estimate of drug-likeness (QED) is 0.307. The Morgan fingerprint density at radius 2 is 1.81 bits per heavy atom. The SMILES string of the molecule is C=CCC(CC=C)(OC[C@@H]1CCC[C@H](OCOC)C1)C(=O)OC(C)(C)C. The Labute approximate surface area is 158 Å². The fraction of sp³-hybridized carbons (Fsp3) is 0.762. The average Bonchev–Trinajstić information content (AvgIpc) is 2.57. The van der Waals surface area contributed by atoms with Crippen LogP contribution in [0.1, 0.15) is 59.3 Å². The Bertz CT molecular complexity index is 442. The van der Waals surface area contributed by atoms with E-state index in [0.29, 0.717) is 32.2 Å². The summed E-state index contributed by atoms with van der Waals surface area (Å²) in [6.07, 6.45) is 8.50. The molecule has 26 heavy (non-hydrogen) atoms. The van der Waals surface area contributed by atoms with Crippen LogP contribution in [0.15, 0.2) is 25.3 Å². The van der Waals surface area contributed by atoms with Gasteiger partial charge in [0.25, 0.3) is 0 Å². The molecule has 150 valence electrons. The van der Waals surface area contributed by atoms with Gasteiger partial charge in [-0.25, -0.2) is 4.79 Å². The summed E-state index contributed by atoms with van der Waals surface area (Å²) in [5.41, 5.74) is -1.63. The topological polar surface area (TPSA) is 54.0 Å². The molecule has 1 saturated carbocycles. The van der Waals surface area contributed by atoms with Crippen LogP contribution in [0.5, 0.6) is 0 Å². The molecule has 0 aromatic heterocycles. The van der Waals surface area contributed by atoms with Crippen LogP contribution in [-0.2, 0) is 23.7 Å². The minimum Gasteiger partial charge on any atom is -0.458 e. The first-order valence-electron chi connectivity index (χ1n) is 9.46. The van der Waals surface area contributed by atoms with Crippen molar-refractivity contribution in [2.45, 2.75) is 76.6 Å². The van der Waals surface area contributed by atoms with Gasteiger partial charge in [0.15, 0.2) is 5.60 Å². The number of esters is 1. The second-order valence-corrected chi connectivity index (χ2v) is 8.02. The molecule has 0 N–H and O–H groups in total. The Hall–Kier alpha value is -1.17. The lowest BCUT2D eigenvalue weighted by atomic mass is 9.87. The van der Waals surface area contributed by atoms with Crippen LogP contribution in [0.25, 0.3) is 0 Å². The predicted molar refractivity (Wildman–Crippen MR) is 103 cm³/mol. The zero-order valence-corrected chi connectivity index (χ0v) is 16.9. The van der Waals surface area contributed by atoms with Crippen molar-refractivity contribution in [1.29, 1.82) is 0 Å². The van der Waals surface area contributed by atoms with Crippen LogP contribution in [-0.4, -0.2) is 43.8 Å². The summed E-state index contributed by atoms with van der Waals surface area (Å²) in [5.74, 6) is -0.00478. The van der Waals surface area contributed by atoms with Crippen molar-refractivity contribution >= 4 is 5.97 Å². The van der Waals surface area contributed by atoms with Gasteiger partial charge in [0.1, 0.15) is 12.4 Å². The molecule has 0 radical (unpaired) electrons. The molecule has 2 atom stereocenters. The monoisotopic (exact) mass is 368 g/mol. The first kappa shape index (κ1) is 22.9.